The molecule has 0 radical (unpaired) electrons. The Kier molecular flexibility index (Phi) is 3.94. The molecule has 1 atom stereocenters. The SMILES string of the molecule is Cc1cc2c(cc1C(=O)Nc1ccncc1)SCCC2N. The molecule has 0 bridgehead atoms. The van der Waals surface area contributed by atoms with Gasteiger partial charge in [-0.3, -0.25) is 9.78 Å². The van der Waals surface area contributed by atoms with Crippen molar-refractivity contribution in [2.45, 2.75) is 24.3 Å². The van der Waals surface area contributed by atoms with E-state index in [9.17, 15) is 4.79 Å². The Hall–Kier alpha value is -1.85. The Labute approximate surface area is 128 Å². The number of hydrogen-bond donors (Lipinski definition) is 2. The van der Waals surface area contributed by atoms with Gasteiger partial charge in [-0.2, -0.15) is 0 Å². The minimum atomic E-state index is -0.0961. The summed E-state index contributed by atoms with van der Waals surface area (Å²) in [5.74, 6) is 0.907. The molecule has 1 unspecified atom stereocenters. The number of nitrogens with two attached hydrogens (primary N) is 1. The lowest BCUT2D eigenvalue weighted by molar-refractivity contribution is 0.102. The monoisotopic (exact) mass is 299 g/mol. The van der Waals surface area contributed by atoms with Crippen LogP contribution >= 0.6 is 11.8 Å². The van der Waals surface area contributed by atoms with Crippen molar-refractivity contribution < 1.29 is 4.79 Å². The second-order valence-electron chi connectivity index (χ2n) is 5.14. The minimum Gasteiger partial charge on any atom is -0.324 e. The highest BCUT2D eigenvalue weighted by Gasteiger charge is 2.21. The molecule has 0 aliphatic carbocycles. The van der Waals surface area contributed by atoms with Crippen molar-refractivity contribution in [3.8, 4) is 0 Å². The highest BCUT2D eigenvalue weighted by atomic mass is 32.2. The van der Waals surface area contributed by atoms with Crippen LogP contribution in [0.3, 0.4) is 0 Å². The molecule has 4 nitrogen and oxygen atoms in total. The van der Waals surface area contributed by atoms with E-state index < -0.39 is 0 Å². The zero-order chi connectivity index (χ0) is 14.8. The predicted octanol–water partition coefficient (Wildman–Crippen LogP) is 3.14. The van der Waals surface area contributed by atoms with Crippen molar-refractivity contribution >= 4 is 23.4 Å². The normalized spacial score (nSPS) is 17.1. The van der Waals surface area contributed by atoms with Crippen LogP contribution in [0.5, 0.6) is 0 Å². The molecule has 5 heteroatoms. The largest absolute Gasteiger partial charge is 0.324 e. The maximum atomic E-state index is 12.4. The molecule has 1 aromatic heterocycles. The fourth-order valence-corrected chi connectivity index (χ4v) is 3.62. The molecule has 0 saturated carbocycles. The van der Waals surface area contributed by atoms with E-state index in [0.29, 0.717) is 5.56 Å². The molecule has 21 heavy (non-hydrogen) atoms. The van der Waals surface area contributed by atoms with Gasteiger partial charge < -0.3 is 11.1 Å². The van der Waals surface area contributed by atoms with E-state index in [1.165, 1.54) is 0 Å². The molecule has 0 spiro atoms. The van der Waals surface area contributed by atoms with Gasteiger partial charge in [0.1, 0.15) is 0 Å². The average Bonchev–Trinajstić information content (AvgIpc) is 2.48. The molecule has 108 valence electrons. The third-order valence-electron chi connectivity index (χ3n) is 3.63. The lowest BCUT2D eigenvalue weighted by Gasteiger charge is -2.23. The first kappa shape index (κ1) is 14.1. The van der Waals surface area contributed by atoms with Crippen molar-refractivity contribution in [2.75, 3.05) is 11.1 Å². The average molecular weight is 299 g/mol. The third kappa shape index (κ3) is 2.94. The van der Waals surface area contributed by atoms with E-state index in [0.717, 1.165) is 33.9 Å². The standard InChI is InChI=1S/C16H17N3OS/c1-10-8-13-14(17)4-7-21-15(13)9-12(10)16(20)19-11-2-5-18-6-3-11/h2-3,5-6,8-9,14H,4,7,17H2,1H3,(H,18,19,20). The molecule has 1 aliphatic rings. The van der Waals surface area contributed by atoms with E-state index in [4.69, 9.17) is 5.73 Å². The molecule has 2 heterocycles. The molecule has 1 aliphatic heterocycles. The number of aryl methyl sites for hydroxylation is 1. The van der Waals surface area contributed by atoms with E-state index in [2.05, 4.69) is 10.3 Å². The number of aromatic nitrogens is 1. The fraction of sp³-hybridized carbons (Fsp3) is 0.250. The summed E-state index contributed by atoms with van der Waals surface area (Å²) in [5, 5.41) is 2.90. The summed E-state index contributed by atoms with van der Waals surface area (Å²) >= 11 is 1.77. The summed E-state index contributed by atoms with van der Waals surface area (Å²) in [6.07, 6.45) is 4.30. The molecule has 2 aromatic rings. The van der Waals surface area contributed by atoms with Gasteiger partial charge in [-0.1, -0.05) is 6.07 Å². The van der Waals surface area contributed by atoms with Crippen LogP contribution in [0.4, 0.5) is 5.69 Å². The van der Waals surface area contributed by atoms with Crippen LogP contribution in [-0.2, 0) is 0 Å². The zero-order valence-corrected chi connectivity index (χ0v) is 12.6. The van der Waals surface area contributed by atoms with Gasteiger partial charge in [0.2, 0.25) is 0 Å². The van der Waals surface area contributed by atoms with Crippen LogP contribution in [0.15, 0.2) is 41.6 Å². The topological polar surface area (TPSA) is 68.0 Å². The van der Waals surface area contributed by atoms with E-state index in [1.807, 2.05) is 19.1 Å². The third-order valence-corrected chi connectivity index (χ3v) is 4.73. The van der Waals surface area contributed by atoms with Gasteiger partial charge in [0.25, 0.3) is 5.91 Å². The van der Waals surface area contributed by atoms with Crippen LogP contribution in [0.25, 0.3) is 0 Å². The highest BCUT2D eigenvalue weighted by molar-refractivity contribution is 7.99. The quantitative estimate of drug-likeness (QED) is 0.894. The summed E-state index contributed by atoms with van der Waals surface area (Å²) in [4.78, 5) is 17.5. The molecular formula is C16H17N3OS. The summed E-state index contributed by atoms with van der Waals surface area (Å²) in [6.45, 7) is 1.95. The molecule has 3 rings (SSSR count). The van der Waals surface area contributed by atoms with Crippen LogP contribution in [0.2, 0.25) is 0 Å². The molecular weight excluding hydrogens is 282 g/mol. The van der Waals surface area contributed by atoms with Gasteiger partial charge >= 0.3 is 0 Å². The number of carbonyl (C=O) groups is 1. The first-order valence-electron chi connectivity index (χ1n) is 6.89. The van der Waals surface area contributed by atoms with E-state index in [-0.39, 0.29) is 11.9 Å². The number of amides is 1. The second-order valence-corrected chi connectivity index (χ2v) is 6.28. The first-order chi connectivity index (χ1) is 10.1. The molecule has 1 amide bonds. The van der Waals surface area contributed by atoms with Gasteiger partial charge in [0.05, 0.1) is 0 Å². The fourth-order valence-electron chi connectivity index (χ4n) is 2.45. The maximum absolute atomic E-state index is 12.4. The van der Waals surface area contributed by atoms with Crippen LogP contribution in [0, 0.1) is 6.92 Å². The highest BCUT2D eigenvalue weighted by Crippen LogP contribution is 2.36. The Morgan fingerprint density at radius 3 is 2.90 bits per heavy atom. The van der Waals surface area contributed by atoms with E-state index >= 15 is 0 Å². The Morgan fingerprint density at radius 2 is 2.14 bits per heavy atom. The number of anilines is 1. The second kappa shape index (κ2) is 5.87. The molecule has 0 saturated heterocycles. The molecule has 0 fully saturated rings. The number of thioether (sulfide) groups is 1. The van der Waals surface area contributed by atoms with Gasteiger partial charge in [0, 0.05) is 34.6 Å². The summed E-state index contributed by atoms with van der Waals surface area (Å²) in [6, 6.07) is 7.64. The number of rotatable bonds is 2. The summed E-state index contributed by atoms with van der Waals surface area (Å²) in [7, 11) is 0. The number of carbonyl (C=O) groups excluding carboxylic acids is 1. The number of benzene rings is 1. The number of pyridine rings is 1. The van der Waals surface area contributed by atoms with Gasteiger partial charge in [-0.15, -0.1) is 11.8 Å². The minimum absolute atomic E-state index is 0.0808. The first-order valence-corrected chi connectivity index (χ1v) is 7.88. The summed E-state index contributed by atoms with van der Waals surface area (Å²) < 4.78 is 0. The molecule has 1 aromatic carbocycles. The van der Waals surface area contributed by atoms with Gasteiger partial charge in [0.15, 0.2) is 0 Å². The van der Waals surface area contributed by atoms with Crippen molar-refractivity contribution in [1.29, 1.82) is 0 Å². The maximum Gasteiger partial charge on any atom is 0.255 e. The Balaban J connectivity index is 1.90. The van der Waals surface area contributed by atoms with Crippen molar-refractivity contribution in [2.24, 2.45) is 5.73 Å². The Bertz CT molecular complexity index is 673. The number of nitrogens with zero attached hydrogens (tertiary/aromatic N) is 1. The summed E-state index contributed by atoms with van der Waals surface area (Å²) in [5.41, 5.74) is 9.71. The zero-order valence-electron chi connectivity index (χ0n) is 11.8. The number of fused-ring (bicyclic) bond motifs is 1. The molecule has 3 N–H and O–H groups in total. The predicted molar refractivity (Wildman–Crippen MR) is 85.6 cm³/mol. The van der Waals surface area contributed by atoms with Crippen LogP contribution in [0.1, 0.15) is 33.9 Å². The van der Waals surface area contributed by atoms with Crippen molar-refractivity contribution in [3.63, 3.8) is 0 Å². The van der Waals surface area contributed by atoms with Gasteiger partial charge in [-0.25, -0.2) is 0 Å². The lowest BCUT2D eigenvalue weighted by atomic mass is 9.98. The van der Waals surface area contributed by atoms with Crippen molar-refractivity contribution in [1.82, 2.24) is 4.98 Å². The number of nitrogens with one attached hydrogen (secondary N) is 1. The Morgan fingerprint density at radius 1 is 1.38 bits per heavy atom. The smallest absolute Gasteiger partial charge is 0.255 e. The number of hydrogen-bond acceptors (Lipinski definition) is 4. The van der Waals surface area contributed by atoms with Crippen molar-refractivity contribution in [3.05, 3.63) is 53.3 Å². The van der Waals surface area contributed by atoms with Crippen LogP contribution in [-0.4, -0.2) is 16.6 Å². The lowest BCUT2D eigenvalue weighted by Crippen LogP contribution is -2.19. The van der Waals surface area contributed by atoms with Crippen LogP contribution < -0.4 is 11.1 Å². The van der Waals surface area contributed by atoms with E-state index in [1.54, 1.807) is 36.3 Å². The van der Waals surface area contributed by atoms with Gasteiger partial charge in [-0.05, 0) is 48.4 Å².